The zero-order chi connectivity index (χ0) is 21.8. The topological polar surface area (TPSA) is 84.7 Å². The van der Waals surface area contributed by atoms with Crippen LogP contribution in [0.1, 0.15) is 45.2 Å². The number of nitrogens with one attached hydrogen (secondary N) is 2. The Kier molecular flexibility index (Phi) is 4.69. The molecule has 0 spiro atoms. The Morgan fingerprint density at radius 3 is 2.84 bits per heavy atom. The molecule has 0 saturated heterocycles. The van der Waals surface area contributed by atoms with Crippen LogP contribution in [0.5, 0.6) is 0 Å². The molecule has 3 aromatic heterocycles. The molecule has 1 aromatic carbocycles. The summed E-state index contributed by atoms with van der Waals surface area (Å²) < 4.78 is 2.00. The van der Waals surface area contributed by atoms with Crippen LogP contribution in [0.3, 0.4) is 0 Å². The van der Waals surface area contributed by atoms with Gasteiger partial charge in [0, 0.05) is 24.6 Å². The summed E-state index contributed by atoms with van der Waals surface area (Å²) in [7, 11) is 1.98. The highest BCUT2D eigenvalue weighted by Crippen LogP contribution is 2.45. The molecule has 2 N–H and O–H groups in total. The maximum Gasteiger partial charge on any atom is 0.226 e. The van der Waals surface area contributed by atoms with Crippen molar-refractivity contribution in [3.8, 4) is 10.6 Å². The average molecular weight is 435 g/mol. The van der Waals surface area contributed by atoms with Crippen LogP contribution >= 0.6 is 11.3 Å². The molecule has 1 saturated carbocycles. The number of aromatic nitrogens is 4. The minimum atomic E-state index is -0.177. The fourth-order valence-corrected chi connectivity index (χ4v) is 4.74. The summed E-state index contributed by atoms with van der Waals surface area (Å²) >= 11 is 1.58. The van der Waals surface area contributed by atoms with E-state index in [0.717, 1.165) is 62.7 Å². The van der Waals surface area contributed by atoms with Gasteiger partial charge in [-0.25, -0.2) is 15.0 Å². The van der Waals surface area contributed by atoms with E-state index < -0.39 is 0 Å². The molecule has 1 fully saturated rings. The third-order valence-electron chi connectivity index (χ3n) is 6.08. The summed E-state index contributed by atoms with van der Waals surface area (Å²) in [6.07, 6.45) is 3.75. The number of fused-ring (bicyclic) bond motifs is 3. The van der Waals surface area contributed by atoms with Crippen LogP contribution in [0.2, 0.25) is 0 Å². The number of rotatable bonds is 6. The molecule has 0 unspecified atom stereocenters. The van der Waals surface area contributed by atoms with Crippen molar-refractivity contribution in [1.82, 2.24) is 24.8 Å². The SMILES string of the molecule is CCNc1nc2sc(-c3cccc([C@H](C)NC(=O)C4(C)CC4)c3)nc2c2c1ncn2C. The molecular formula is C23H26N6OS. The van der Waals surface area contributed by atoms with Crippen molar-refractivity contribution < 1.29 is 4.79 Å². The zero-order valence-electron chi connectivity index (χ0n) is 18.2. The molecule has 31 heavy (non-hydrogen) atoms. The van der Waals surface area contributed by atoms with Gasteiger partial charge in [0.1, 0.15) is 26.4 Å². The summed E-state index contributed by atoms with van der Waals surface area (Å²) in [4.78, 5) is 27.6. The highest BCUT2D eigenvalue weighted by molar-refractivity contribution is 7.21. The van der Waals surface area contributed by atoms with Gasteiger partial charge < -0.3 is 15.2 Å². The predicted molar refractivity (Wildman–Crippen MR) is 125 cm³/mol. The Balaban J connectivity index is 1.52. The summed E-state index contributed by atoms with van der Waals surface area (Å²) in [6.45, 7) is 6.89. The quantitative estimate of drug-likeness (QED) is 0.461. The van der Waals surface area contributed by atoms with Gasteiger partial charge in [-0.3, -0.25) is 4.79 Å². The number of benzene rings is 1. The monoisotopic (exact) mass is 434 g/mol. The van der Waals surface area contributed by atoms with Crippen molar-refractivity contribution in [2.75, 3.05) is 11.9 Å². The molecule has 0 bridgehead atoms. The van der Waals surface area contributed by atoms with E-state index in [0.29, 0.717) is 0 Å². The number of carbonyl (C=O) groups excluding carboxylic acids is 1. The fourth-order valence-electron chi connectivity index (χ4n) is 3.80. The number of amides is 1. The number of hydrogen-bond donors (Lipinski definition) is 2. The Bertz CT molecular complexity index is 1300. The molecule has 4 aromatic rings. The lowest BCUT2D eigenvalue weighted by molar-refractivity contribution is -0.126. The molecule has 1 aliphatic carbocycles. The smallest absolute Gasteiger partial charge is 0.226 e. The third-order valence-corrected chi connectivity index (χ3v) is 7.08. The van der Waals surface area contributed by atoms with Gasteiger partial charge in [-0.05, 0) is 38.3 Å². The number of nitrogens with zero attached hydrogens (tertiary/aromatic N) is 4. The molecule has 1 atom stereocenters. The standard InChI is InChI=1S/C23H26N6OS/c1-5-24-19-16-18(29(4)12-25-16)17-21(28-19)31-20(27-17)15-8-6-7-14(11-15)13(2)26-22(30)23(3)9-10-23/h6-8,11-13H,5,9-10H2,1-4H3,(H,24,28)(H,26,30)/t13-/m0/s1. The molecule has 5 rings (SSSR count). The largest absolute Gasteiger partial charge is 0.368 e. The predicted octanol–water partition coefficient (Wildman–Crippen LogP) is 4.65. The number of hydrogen-bond acceptors (Lipinski definition) is 6. The molecule has 3 heterocycles. The number of thiazole rings is 1. The van der Waals surface area contributed by atoms with Gasteiger partial charge in [-0.2, -0.15) is 0 Å². The van der Waals surface area contributed by atoms with Crippen LogP contribution < -0.4 is 10.6 Å². The highest BCUT2D eigenvalue weighted by Gasteiger charge is 2.45. The van der Waals surface area contributed by atoms with E-state index in [1.54, 1.807) is 17.7 Å². The van der Waals surface area contributed by atoms with Gasteiger partial charge in [0.25, 0.3) is 0 Å². The van der Waals surface area contributed by atoms with E-state index in [2.05, 4.69) is 33.8 Å². The highest BCUT2D eigenvalue weighted by atomic mass is 32.1. The number of anilines is 1. The summed E-state index contributed by atoms with van der Waals surface area (Å²) in [5, 5.41) is 7.39. The molecular weight excluding hydrogens is 408 g/mol. The third kappa shape index (κ3) is 3.44. The molecule has 1 amide bonds. The van der Waals surface area contributed by atoms with Crippen molar-refractivity contribution >= 4 is 44.4 Å². The first-order chi connectivity index (χ1) is 14.9. The van der Waals surface area contributed by atoms with E-state index in [1.807, 2.05) is 38.5 Å². The van der Waals surface area contributed by atoms with E-state index in [1.165, 1.54) is 0 Å². The lowest BCUT2D eigenvalue weighted by atomic mass is 10.0. The van der Waals surface area contributed by atoms with Gasteiger partial charge in [0.05, 0.1) is 12.4 Å². The van der Waals surface area contributed by atoms with E-state index in [-0.39, 0.29) is 17.4 Å². The maximum absolute atomic E-state index is 12.5. The Morgan fingerprint density at radius 2 is 2.10 bits per heavy atom. The van der Waals surface area contributed by atoms with E-state index in [9.17, 15) is 4.79 Å². The Hall–Kier alpha value is -3.00. The van der Waals surface area contributed by atoms with Crippen molar-refractivity contribution in [3.05, 3.63) is 36.2 Å². The van der Waals surface area contributed by atoms with Gasteiger partial charge in [-0.15, -0.1) is 0 Å². The summed E-state index contributed by atoms with van der Waals surface area (Å²) in [5.74, 6) is 0.934. The normalized spacial score (nSPS) is 15.9. The first kappa shape index (κ1) is 19.9. The number of imidazole rings is 1. The maximum atomic E-state index is 12.5. The molecule has 7 nitrogen and oxygen atoms in total. The Morgan fingerprint density at radius 1 is 1.29 bits per heavy atom. The molecule has 1 aliphatic rings. The fraction of sp³-hybridized carbons (Fsp3) is 0.391. The van der Waals surface area contributed by atoms with Crippen LogP contribution in [0.25, 0.3) is 32.0 Å². The lowest BCUT2D eigenvalue weighted by Gasteiger charge is -2.17. The second-order valence-corrected chi connectivity index (χ2v) is 9.57. The van der Waals surface area contributed by atoms with Gasteiger partial charge in [0.2, 0.25) is 5.91 Å². The zero-order valence-corrected chi connectivity index (χ0v) is 19.0. The minimum absolute atomic E-state index is 0.0542. The van der Waals surface area contributed by atoms with Crippen LogP contribution in [-0.2, 0) is 11.8 Å². The van der Waals surface area contributed by atoms with Crippen molar-refractivity contribution in [1.29, 1.82) is 0 Å². The average Bonchev–Trinajstić information content (AvgIpc) is 3.19. The molecule has 8 heteroatoms. The first-order valence-corrected chi connectivity index (χ1v) is 11.5. The van der Waals surface area contributed by atoms with E-state index in [4.69, 9.17) is 9.97 Å². The summed E-state index contributed by atoms with van der Waals surface area (Å²) in [6, 6.07) is 8.20. The number of aryl methyl sites for hydroxylation is 1. The summed E-state index contributed by atoms with van der Waals surface area (Å²) in [5.41, 5.74) is 4.61. The van der Waals surface area contributed by atoms with Crippen molar-refractivity contribution in [2.24, 2.45) is 12.5 Å². The van der Waals surface area contributed by atoms with Crippen LogP contribution in [0.15, 0.2) is 30.6 Å². The number of carbonyl (C=O) groups is 1. The molecule has 0 radical (unpaired) electrons. The Labute approximate surface area is 184 Å². The molecule has 0 aliphatic heterocycles. The van der Waals surface area contributed by atoms with Crippen LogP contribution in [-0.4, -0.2) is 32.0 Å². The van der Waals surface area contributed by atoms with Gasteiger partial charge >= 0.3 is 0 Å². The number of pyridine rings is 1. The van der Waals surface area contributed by atoms with Crippen LogP contribution in [0, 0.1) is 5.41 Å². The van der Waals surface area contributed by atoms with E-state index >= 15 is 0 Å². The lowest BCUT2D eigenvalue weighted by Crippen LogP contribution is -2.32. The van der Waals surface area contributed by atoms with Gasteiger partial charge in [0.15, 0.2) is 5.82 Å². The first-order valence-electron chi connectivity index (χ1n) is 10.7. The van der Waals surface area contributed by atoms with Crippen molar-refractivity contribution in [3.63, 3.8) is 0 Å². The van der Waals surface area contributed by atoms with Crippen molar-refractivity contribution in [2.45, 2.75) is 39.7 Å². The van der Waals surface area contributed by atoms with Crippen LogP contribution in [0.4, 0.5) is 5.82 Å². The molecule has 160 valence electrons. The minimum Gasteiger partial charge on any atom is -0.368 e. The second-order valence-electron chi connectivity index (χ2n) is 8.60. The second kappa shape index (κ2) is 7.30. The van der Waals surface area contributed by atoms with Gasteiger partial charge in [-0.1, -0.05) is 36.5 Å².